The summed E-state index contributed by atoms with van der Waals surface area (Å²) in [6.07, 6.45) is 2.78. The first-order chi connectivity index (χ1) is 10.7. The predicted octanol–water partition coefficient (Wildman–Crippen LogP) is 1.84. The van der Waals surface area contributed by atoms with Gasteiger partial charge in [0.25, 0.3) is 5.91 Å². The van der Waals surface area contributed by atoms with Crippen LogP contribution in [0, 0.1) is 0 Å². The Morgan fingerprint density at radius 3 is 2.68 bits per heavy atom. The number of nitrogens with zero attached hydrogens (tertiary/aromatic N) is 2. The number of hydrogen-bond donors (Lipinski definition) is 1. The van der Waals surface area contributed by atoms with Crippen LogP contribution in [-0.4, -0.2) is 23.0 Å². The van der Waals surface area contributed by atoms with Gasteiger partial charge in [0.05, 0.1) is 30.6 Å². The van der Waals surface area contributed by atoms with Crippen LogP contribution in [0.25, 0.3) is 11.0 Å². The number of ether oxygens (including phenoxy) is 1. The molecule has 3 aromatic rings. The third kappa shape index (κ3) is 2.64. The van der Waals surface area contributed by atoms with Gasteiger partial charge in [0.1, 0.15) is 5.58 Å². The molecule has 0 bridgehead atoms. The third-order valence-electron chi connectivity index (χ3n) is 2.93. The summed E-state index contributed by atoms with van der Waals surface area (Å²) in [5.41, 5.74) is 0.436. The second kappa shape index (κ2) is 5.65. The van der Waals surface area contributed by atoms with Crippen LogP contribution in [-0.2, 0) is 0 Å². The van der Waals surface area contributed by atoms with E-state index in [0.717, 1.165) is 6.07 Å². The predicted molar refractivity (Wildman–Crippen MR) is 79.0 cm³/mol. The van der Waals surface area contributed by atoms with E-state index in [0.29, 0.717) is 16.7 Å². The number of methoxy groups -OCH3 is 1. The molecule has 0 aliphatic carbocycles. The lowest BCUT2D eigenvalue weighted by Crippen LogP contribution is -2.15. The van der Waals surface area contributed by atoms with Crippen molar-refractivity contribution in [3.8, 4) is 6.01 Å². The van der Waals surface area contributed by atoms with Crippen LogP contribution in [0.3, 0.4) is 0 Å². The van der Waals surface area contributed by atoms with E-state index in [1.54, 1.807) is 24.3 Å². The van der Waals surface area contributed by atoms with E-state index in [2.05, 4.69) is 15.3 Å². The molecule has 0 saturated carbocycles. The van der Waals surface area contributed by atoms with Crippen LogP contribution < -0.4 is 15.5 Å². The van der Waals surface area contributed by atoms with Crippen molar-refractivity contribution < 1.29 is 13.9 Å². The molecule has 7 heteroatoms. The summed E-state index contributed by atoms with van der Waals surface area (Å²) >= 11 is 0. The molecular weight excluding hydrogens is 286 g/mol. The number of nitrogens with one attached hydrogen (secondary N) is 1. The van der Waals surface area contributed by atoms with Crippen molar-refractivity contribution in [2.45, 2.75) is 0 Å². The maximum absolute atomic E-state index is 12.1. The molecule has 0 aliphatic rings. The minimum absolute atomic E-state index is 0.0838. The van der Waals surface area contributed by atoms with E-state index in [-0.39, 0.29) is 17.2 Å². The summed E-state index contributed by atoms with van der Waals surface area (Å²) in [5.74, 6) is -0.642. The largest absolute Gasteiger partial charge is 0.467 e. The monoisotopic (exact) mass is 297 g/mol. The lowest BCUT2D eigenvalue weighted by molar-refractivity contribution is 0.0997. The normalized spacial score (nSPS) is 10.4. The van der Waals surface area contributed by atoms with Gasteiger partial charge >= 0.3 is 6.01 Å². The molecule has 22 heavy (non-hydrogen) atoms. The number of carbonyl (C=O) groups is 1. The molecule has 3 rings (SSSR count). The highest BCUT2D eigenvalue weighted by molar-refractivity contribution is 6.02. The Balaban J connectivity index is 1.89. The van der Waals surface area contributed by atoms with E-state index >= 15 is 0 Å². The summed E-state index contributed by atoms with van der Waals surface area (Å²) in [4.78, 5) is 31.8. The summed E-state index contributed by atoms with van der Waals surface area (Å²) < 4.78 is 10.3. The molecule has 0 saturated heterocycles. The van der Waals surface area contributed by atoms with Gasteiger partial charge in [0.2, 0.25) is 0 Å². The molecule has 0 spiro atoms. The highest BCUT2D eigenvalue weighted by atomic mass is 16.5. The number of hydrogen-bond acceptors (Lipinski definition) is 6. The molecule has 7 nitrogen and oxygen atoms in total. The zero-order valence-corrected chi connectivity index (χ0v) is 11.6. The number of aromatic nitrogens is 2. The second-order valence-electron chi connectivity index (χ2n) is 4.38. The Hall–Kier alpha value is -3.22. The van der Waals surface area contributed by atoms with E-state index in [4.69, 9.17) is 9.15 Å². The Labute approximate surface area is 124 Å². The first-order valence-corrected chi connectivity index (χ1v) is 6.37. The fourth-order valence-electron chi connectivity index (χ4n) is 1.89. The smallest absolute Gasteiger partial charge is 0.316 e. The van der Waals surface area contributed by atoms with Gasteiger partial charge in [-0.25, -0.2) is 9.97 Å². The van der Waals surface area contributed by atoms with E-state index in [1.807, 2.05) is 0 Å². The number of carbonyl (C=O) groups excluding carboxylic acids is 1. The minimum atomic E-state index is -0.559. The van der Waals surface area contributed by atoms with Gasteiger partial charge in [-0.05, 0) is 12.1 Å². The zero-order valence-electron chi connectivity index (χ0n) is 11.6. The second-order valence-corrected chi connectivity index (χ2v) is 4.38. The van der Waals surface area contributed by atoms with Crippen LogP contribution in [0.15, 0.2) is 51.9 Å². The number of para-hydroxylation sites is 1. The number of fused-ring (bicyclic) bond motifs is 1. The maximum atomic E-state index is 12.1. The fraction of sp³-hybridized carbons (Fsp3) is 0.0667. The molecule has 2 heterocycles. The lowest BCUT2D eigenvalue weighted by atomic mass is 10.2. The molecule has 2 aromatic heterocycles. The number of amides is 1. The molecule has 1 amide bonds. The molecular formula is C15H11N3O4. The van der Waals surface area contributed by atoms with Crippen LogP contribution >= 0.6 is 0 Å². The molecule has 1 aromatic carbocycles. The van der Waals surface area contributed by atoms with Gasteiger partial charge in [-0.3, -0.25) is 9.59 Å². The Kier molecular flexibility index (Phi) is 3.53. The van der Waals surface area contributed by atoms with Gasteiger partial charge in [0.15, 0.2) is 11.2 Å². The SMILES string of the molecule is COc1ncc(NC(=O)c2cc(=O)c3ccccc3o2)cn1. The average Bonchev–Trinajstić information content (AvgIpc) is 2.55. The van der Waals surface area contributed by atoms with Gasteiger partial charge in [-0.2, -0.15) is 0 Å². The highest BCUT2D eigenvalue weighted by Gasteiger charge is 2.12. The fourth-order valence-corrected chi connectivity index (χ4v) is 1.89. The zero-order chi connectivity index (χ0) is 15.5. The summed E-state index contributed by atoms with van der Waals surface area (Å²) in [5, 5.41) is 2.97. The Bertz CT molecular complexity index is 887. The first kappa shape index (κ1) is 13.7. The van der Waals surface area contributed by atoms with E-state index in [1.165, 1.54) is 19.5 Å². The Morgan fingerprint density at radius 1 is 1.23 bits per heavy atom. The molecule has 1 N–H and O–H groups in total. The standard InChI is InChI=1S/C15H11N3O4/c1-21-15-16-7-9(8-17-15)18-14(20)13-6-11(19)10-4-2-3-5-12(10)22-13/h2-8H,1H3,(H,18,20). The molecule has 0 atom stereocenters. The molecule has 0 unspecified atom stereocenters. The van der Waals surface area contributed by atoms with Crippen LogP contribution in [0.5, 0.6) is 6.01 Å². The first-order valence-electron chi connectivity index (χ1n) is 6.37. The van der Waals surface area contributed by atoms with Crippen molar-refractivity contribution in [1.82, 2.24) is 9.97 Å². The highest BCUT2D eigenvalue weighted by Crippen LogP contribution is 2.13. The van der Waals surface area contributed by atoms with Crippen molar-refractivity contribution in [2.75, 3.05) is 12.4 Å². The van der Waals surface area contributed by atoms with Crippen molar-refractivity contribution in [3.63, 3.8) is 0 Å². The van der Waals surface area contributed by atoms with Crippen molar-refractivity contribution in [1.29, 1.82) is 0 Å². The summed E-state index contributed by atoms with van der Waals surface area (Å²) in [7, 11) is 1.44. The van der Waals surface area contributed by atoms with Gasteiger partial charge in [0, 0.05) is 6.07 Å². The minimum Gasteiger partial charge on any atom is -0.467 e. The number of anilines is 1. The van der Waals surface area contributed by atoms with Crippen LogP contribution in [0.1, 0.15) is 10.6 Å². The Morgan fingerprint density at radius 2 is 1.95 bits per heavy atom. The van der Waals surface area contributed by atoms with Gasteiger partial charge in [-0.1, -0.05) is 12.1 Å². The van der Waals surface area contributed by atoms with Crippen molar-refractivity contribution in [2.24, 2.45) is 0 Å². The summed E-state index contributed by atoms with van der Waals surface area (Å²) in [6.45, 7) is 0. The van der Waals surface area contributed by atoms with Gasteiger partial charge < -0.3 is 14.5 Å². The topological polar surface area (TPSA) is 94.3 Å². The van der Waals surface area contributed by atoms with Crippen molar-refractivity contribution in [3.05, 3.63) is 58.7 Å². The lowest BCUT2D eigenvalue weighted by Gasteiger charge is -2.05. The van der Waals surface area contributed by atoms with E-state index in [9.17, 15) is 9.59 Å². The molecule has 0 radical (unpaired) electrons. The van der Waals surface area contributed by atoms with Crippen molar-refractivity contribution >= 4 is 22.6 Å². The number of benzene rings is 1. The van der Waals surface area contributed by atoms with Crippen LogP contribution in [0.2, 0.25) is 0 Å². The number of rotatable bonds is 3. The van der Waals surface area contributed by atoms with Crippen LogP contribution in [0.4, 0.5) is 5.69 Å². The third-order valence-corrected chi connectivity index (χ3v) is 2.93. The molecule has 110 valence electrons. The quantitative estimate of drug-likeness (QED) is 0.792. The maximum Gasteiger partial charge on any atom is 0.316 e. The van der Waals surface area contributed by atoms with E-state index < -0.39 is 5.91 Å². The average molecular weight is 297 g/mol. The molecule has 0 fully saturated rings. The molecule has 0 aliphatic heterocycles. The van der Waals surface area contributed by atoms with Gasteiger partial charge in [-0.15, -0.1) is 0 Å². The summed E-state index contributed by atoms with van der Waals surface area (Å²) in [6, 6.07) is 8.07.